The van der Waals surface area contributed by atoms with E-state index in [1.807, 2.05) is 6.92 Å². The molecule has 0 aromatic rings. The molecule has 0 N–H and O–H groups in total. The minimum Gasteiger partial charge on any atom is -0.450 e. The number of ether oxygens (including phenoxy) is 1. The van der Waals surface area contributed by atoms with Crippen molar-refractivity contribution in [3.63, 3.8) is 0 Å². The fourth-order valence-corrected chi connectivity index (χ4v) is 1.90. The molecule has 0 fully saturated rings. The SMILES string of the molecule is CCCCCCCCN([SiH3])C(=O)OCC. The van der Waals surface area contributed by atoms with Gasteiger partial charge in [0.25, 0.3) is 0 Å². The highest BCUT2D eigenvalue weighted by molar-refractivity contribution is 6.12. The molecule has 0 aromatic heterocycles. The van der Waals surface area contributed by atoms with Crippen LogP contribution in [0.2, 0.25) is 0 Å². The molecule has 0 aliphatic heterocycles. The maximum Gasteiger partial charge on any atom is 0.400 e. The van der Waals surface area contributed by atoms with Crippen molar-refractivity contribution in [3.8, 4) is 0 Å². The lowest BCUT2D eigenvalue weighted by Gasteiger charge is -2.16. The van der Waals surface area contributed by atoms with Crippen LogP contribution in [0.15, 0.2) is 0 Å². The van der Waals surface area contributed by atoms with E-state index in [1.165, 1.54) is 32.1 Å². The molecule has 15 heavy (non-hydrogen) atoms. The molecule has 0 spiro atoms. The standard InChI is InChI=1S/C11H25NO2Si/c1-3-5-6-7-8-9-10-12(15)11(13)14-4-2/h3-10H2,1-2,15H3. The molecule has 0 saturated carbocycles. The van der Waals surface area contributed by atoms with Crippen LogP contribution in [0.25, 0.3) is 0 Å². The lowest BCUT2D eigenvalue weighted by molar-refractivity contribution is 0.131. The van der Waals surface area contributed by atoms with Crippen molar-refractivity contribution in [1.82, 2.24) is 4.57 Å². The van der Waals surface area contributed by atoms with Crippen LogP contribution in [-0.2, 0) is 4.74 Å². The van der Waals surface area contributed by atoms with E-state index in [-0.39, 0.29) is 6.09 Å². The summed E-state index contributed by atoms with van der Waals surface area (Å²) in [7, 11) is 0.766. The summed E-state index contributed by atoms with van der Waals surface area (Å²) in [4.78, 5) is 11.2. The van der Waals surface area contributed by atoms with Crippen molar-refractivity contribution in [2.24, 2.45) is 0 Å². The highest BCUT2D eigenvalue weighted by Gasteiger charge is 2.06. The van der Waals surface area contributed by atoms with Crippen molar-refractivity contribution < 1.29 is 9.53 Å². The summed E-state index contributed by atoms with van der Waals surface area (Å²) in [5.74, 6) is 0. The van der Waals surface area contributed by atoms with Gasteiger partial charge in [-0.2, -0.15) is 0 Å². The molecule has 0 saturated heterocycles. The highest BCUT2D eigenvalue weighted by atomic mass is 28.2. The van der Waals surface area contributed by atoms with Gasteiger partial charge in [0.1, 0.15) is 10.4 Å². The second kappa shape index (κ2) is 10.0. The van der Waals surface area contributed by atoms with Gasteiger partial charge in [-0.15, -0.1) is 0 Å². The maximum absolute atomic E-state index is 11.2. The molecule has 90 valence electrons. The Balaban J connectivity index is 3.30. The fourth-order valence-electron chi connectivity index (χ4n) is 1.45. The third-order valence-electron chi connectivity index (χ3n) is 2.43. The number of carbonyl (C=O) groups is 1. The Morgan fingerprint density at radius 1 is 1.13 bits per heavy atom. The summed E-state index contributed by atoms with van der Waals surface area (Å²) in [6.07, 6.45) is 7.46. The van der Waals surface area contributed by atoms with Crippen LogP contribution < -0.4 is 0 Å². The molecule has 0 aliphatic carbocycles. The average Bonchev–Trinajstić information content (AvgIpc) is 2.23. The average molecular weight is 231 g/mol. The van der Waals surface area contributed by atoms with Crippen LogP contribution >= 0.6 is 0 Å². The molecule has 0 heterocycles. The molecule has 1 amide bonds. The normalized spacial score (nSPS) is 10.3. The van der Waals surface area contributed by atoms with Crippen molar-refractivity contribution in [3.05, 3.63) is 0 Å². The molecule has 0 rings (SSSR count). The Kier molecular flexibility index (Phi) is 9.68. The van der Waals surface area contributed by atoms with E-state index >= 15 is 0 Å². The van der Waals surface area contributed by atoms with Crippen molar-refractivity contribution in [2.45, 2.75) is 52.4 Å². The van der Waals surface area contributed by atoms with Crippen LogP contribution in [0.3, 0.4) is 0 Å². The lowest BCUT2D eigenvalue weighted by atomic mass is 10.1. The topological polar surface area (TPSA) is 29.5 Å². The number of carbonyl (C=O) groups excluding carboxylic acids is 1. The Morgan fingerprint density at radius 2 is 1.73 bits per heavy atom. The first-order valence-corrected chi connectivity index (χ1v) is 6.99. The fraction of sp³-hybridized carbons (Fsp3) is 0.909. The molecular formula is C11H25NO2Si. The predicted octanol–water partition coefficient (Wildman–Crippen LogP) is 2.09. The summed E-state index contributed by atoms with van der Waals surface area (Å²) in [6, 6.07) is 0. The van der Waals surface area contributed by atoms with Crippen LogP contribution in [-0.4, -0.2) is 34.2 Å². The molecule has 4 heteroatoms. The summed E-state index contributed by atoms with van der Waals surface area (Å²) in [5.41, 5.74) is 0. The van der Waals surface area contributed by atoms with Crippen molar-refractivity contribution in [1.29, 1.82) is 0 Å². The van der Waals surface area contributed by atoms with Crippen LogP contribution in [0, 0.1) is 0 Å². The van der Waals surface area contributed by atoms with Gasteiger partial charge in [0.2, 0.25) is 0 Å². The van der Waals surface area contributed by atoms with Crippen LogP contribution in [0.1, 0.15) is 52.4 Å². The second-order valence-electron chi connectivity index (χ2n) is 3.89. The van der Waals surface area contributed by atoms with E-state index < -0.39 is 0 Å². The molecular weight excluding hydrogens is 206 g/mol. The van der Waals surface area contributed by atoms with E-state index in [4.69, 9.17) is 4.74 Å². The smallest absolute Gasteiger partial charge is 0.400 e. The Morgan fingerprint density at radius 3 is 2.33 bits per heavy atom. The van der Waals surface area contributed by atoms with Gasteiger partial charge >= 0.3 is 6.09 Å². The van der Waals surface area contributed by atoms with Gasteiger partial charge in [0.05, 0.1) is 6.61 Å². The number of rotatable bonds is 8. The minimum atomic E-state index is -0.141. The number of amides is 1. The van der Waals surface area contributed by atoms with E-state index in [0.717, 1.165) is 23.4 Å². The summed E-state index contributed by atoms with van der Waals surface area (Å²) >= 11 is 0. The van der Waals surface area contributed by atoms with Gasteiger partial charge < -0.3 is 9.30 Å². The van der Waals surface area contributed by atoms with Gasteiger partial charge in [0.15, 0.2) is 0 Å². The Labute approximate surface area is 96.7 Å². The van der Waals surface area contributed by atoms with E-state index in [9.17, 15) is 4.79 Å². The first-order valence-electron chi connectivity index (χ1n) is 6.10. The Bertz CT molecular complexity index is 165. The zero-order valence-electron chi connectivity index (χ0n) is 10.4. The van der Waals surface area contributed by atoms with Crippen molar-refractivity contribution >= 4 is 16.5 Å². The van der Waals surface area contributed by atoms with Gasteiger partial charge in [-0.05, 0) is 13.3 Å². The maximum atomic E-state index is 11.2. The number of hydrogen-bond acceptors (Lipinski definition) is 2. The summed E-state index contributed by atoms with van der Waals surface area (Å²) in [6.45, 7) is 5.42. The molecule has 0 radical (unpaired) electrons. The molecule has 0 atom stereocenters. The van der Waals surface area contributed by atoms with Gasteiger partial charge in [0, 0.05) is 6.54 Å². The van der Waals surface area contributed by atoms with Gasteiger partial charge in [-0.1, -0.05) is 39.0 Å². The third-order valence-corrected chi connectivity index (χ3v) is 3.24. The monoisotopic (exact) mass is 231 g/mol. The number of unbranched alkanes of at least 4 members (excludes halogenated alkanes) is 5. The zero-order valence-corrected chi connectivity index (χ0v) is 12.4. The first kappa shape index (κ1) is 14.5. The molecule has 0 unspecified atom stereocenters. The quantitative estimate of drug-likeness (QED) is 0.473. The molecule has 3 nitrogen and oxygen atoms in total. The summed E-state index contributed by atoms with van der Waals surface area (Å²) in [5, 5.41) is 0. The summed E-state index contributed by atoms with van der Waals surface area (Å²) < 4.78 is 6.72. The first-order chi connectivity index (χ1) is 7.22. The Hall–Kier alpha value is -0.513. The number of hydrogen-bond donors (Lipinski definition) is 0. The molecule has 0 aliphatic rings. The van der Waals surface area contributed by atoms with E-state index in [2.05, 4.69) is 6.92 Å². The lowest BCUT2D eigenvalue weighted by Crippen LogP contribution is -2.29. The van der Waals surface area contributed by atoms with E-state index in [0.29, 0.717) is 6.61 Å². The van der Waals surface area contributed by atoms with E-state index in [1.54, 1.807) is 4.57 Å². The highest BCUT2D eigenvalue weighted by Crippen LogP contribution is 2.05. The predicted molar refractivity (Wildman–Crippen MR) is 67.0 cm³/mol. The largest absolute Gasteiger partial charge is 0.450 e. The minimum absolute atomic E-state index is 0.141. The van der Waals surface area contributed by atoms with Crippen LogP contribution in [0.4, 0.5) is 4.79 Å². The number of nitrogens with zero attached hydrogens (tertiary/aromatic N) is 1. The van der Waals surface area contributed by atoms with Crippen molar-refractivity contribution in [2.75, 3.05) is 13.2 Å². The van der Waals surface area contributed by atoms with Gasteiger partial charge in [-0.3, -0.25) is 0 Å². The molecule has 0 aromatic carbocycles. The molecule has 0 bridgehead atoms. The zero-order chi connectivity index (χ0) is 11.5. The third kappa shape index (κ3) is 8.48. The van der Waals surface area contributed by atoms with Gasteiger partial charge in [-0.25, -0.2) is 4.79 Å². The second-order valence-corrected chi connectivity index (χ2v) is 4.97. The van der Waals surface area contributed by atoms with Crippen LogP contribution in [0.5, 0.6) is 0 Å².